The second-order valence-electron chi connectivity index (χ2n) is 5.06. The van der Waals surface area contributed by atoms with Gasteiger partial charge in [-0.15, -0.1) is 0 Å². The summed E-state index contributed by atoms with van der Waals surface area (Å²) in [5, 5.41) is 0.149. The number of sulfonamides is 1. The van der Waals surface area contributed by atoms with Crippen LogP contribution in [0.2, 0.25) is 0 Å². The van der Waals surface area contributed by atoms with Crippen LogP contribution >= 0.6 is 0 Å². The molecule has 0 radical (unpaired) electrons. The Morgan fingerprint density at radius 3 is 2.68 bits per heavy atom. The molecule has 1 aromatic heterocycles. The minimum atomic E-state index is -3.44. The van der Waals surface area contributed by atoms with E-state index in [2.05, 4.69) is 26.5 Å². The summed E-state index contributed by atoms with van der Waals surface area (Å²) in [4.78, 5) is 9.06. The second kappa shape index (κ2) is 6.02. The van der Waals surface area contributed by atoms with Crippen molar-refractivity contribution in [1.29, 1.82) is 0 Å². The Bertz CT molecular complexity index is 504. The van der Waals surface area contributed by atoms with Crippen molar-refractivity contribution in [3.63, 3.8) is 0 Å². The molecular weight excluding hydrogens is 264 g/mol. The SMILES string of the molecule is CCN1CCC(CNS(=O)(=O)c2cnc(C)[nH]2)CC1. The van der Waals surface area contributed by atoms with Crippen LogP contribution in [0.1, 0.15) is 25.6 Å². The predicted octanol–water partition coefficient (Wildman–Crippen LogP) is 0.728. The van der Waals surface area contributed by atoms with Crippen molar-refractivity contribution in [3.05, 3.63) is 12.0 Å². The van der Waals surface area contributed by atoms with Gasteiger partial charge in [0, 0.05) is 6.54 Å². The minimum absolute atomic E-state index is 0.149. The van der Waals surface area contributed by atoms with Gasteiger partial charge in [0.1, 0.15) is 5.82 Å². The van der Waals surface area contributed by atoms with Gasteiger partial charge >= 0.3 is 0 Å². The molecule has 1 aliphatic heterocycles. The van der Waals surface area contributed by atoms with Gasteiger partial charge in [-0.1, -0.05) is 6.92 Å². The Labute approximate surface area is 114 Å². The number of H-pyrrole nitrogens is 1. The normalized spacial score (nSPS) is 18.8. The summed E-state index contributed by atoms with van der Waals surface area (Å²) in [6.45, 7) is 7.60. The molecule has 1 aliphatic rings. The molecule has 0 amide bonds. The zero-order chi connectivity index (χ0) is 13.9. The lowest BCUT2D eigenvalue weighted by Gasteiger charge is -2.30. The summed E-state index contributed by atoms with van der Waals surface area (Å²) in [6.07, 6.45) is 3.47. The van der Waals surface area contributed by atoms with Crippen LogP contribution in [0, 0.1) is 12.8 Å². The fraction of sp³-hybridized carbons (Fsp3) is 0.750. The zero-order valence-electron chi connectivity index (χ0n) is 11.5. The van der Waals surface area contributed by atoms with Gasteiger partial charge in [-0.2, -0.15) is 0 Å². The summed E-state index contributed by atoms with van der Waals surface area (Å²) in [6, 6.07) is 0. The first-order chi connectivity index (χ1) is 9.01. The van der Waals surface area contributed by atoms with Crippen LogP contribution in [0.5, 0.6) is 0 Å². The van der Waals surface area contributed by atoms with E-state index >= 15 is 0 Å². The summed E-state index contributed by atoms with van der Waals surface area (Å²) in [5.41, 5.74) is 0. The lowest BCUT2D eigenvalue weighted by atomic mass is 9.97. The quantitative estimate of drug-likeness (QED) is 0.836. The topological polar surface area (TPSA) is 78.1 Å². The maximum absolute atomic E-state index is 12.0. The van der Waals surface area contributed by atoms with Crippen LogP contribution in [0.3, 0.4) is 0 Å². The van der Waals surface area contributed by atoms with Crippen LogP contribution < -0.4 is 4.72 Å². The molecule has 1 aromatic rings. The van der Waals surface area contributed by atoms with Gasteiger partial charge in [0.25, 0.3) is 10.0 Å². The number of aromatic amines is 1. The van der Waals surface area contributed by atoms with Gasteiger partial charge in [-0.25, -0.2) is 18.1 Å². The fourth-order valence-corrected chi connectivity index (χ4v) is 3.43. The van der Waals surface area contributed by atoms with Gasteiger partial charge in [-0.3, -0.25) is 0 Å². The summed E-state index contributed by atoms with van der Waals surface area (Å²) in [5.74, 6) is 1.04. The van der Waals surface area contributed by atoms with Crippen molar-refractivity contribution < 1.29 is 8.42 Å². The number of aryl methyl sites for hydroxylation is 1. The van der Waals surface area contributed by atoms with E-state index < -0.39 is 10.0 Å². The van der Waals surface area contributed by atoms with Gasteiger partial charge in [0.2, 0.25) is 0 Å². The molecule has 19 heavy (non-hydrogen) atoms. The zero-order valence-corrected chi connectivity index (χ0v) is 12.3. The predicted molar refractivity (Wildman–Crippen MR) is 73.4 cm³/mol. The highest BCUT2D eigenvalue weighted by Gasteiger charge is 2.22. The molecule has 6 nitrogen and oxygen atoms in total. The van der Waals surface area contributed by atoms with Crippen molar-refractivity contribution in [3.8, 4) is 0 Å². The molecule has 1 fully saturated rings. The Balaban J connectivity index is 1.85. The maximum Gasteiger partial charge on any atom is 0.257 e. The molecular formula is C12H22N4O2S. The average molecular weight is 286 g/mol. The molecule has 0 aromatic carbocycles. The largest absolute Gasteiger partial charge is 0.332 e. The van der Waals surface area contributed by atoms with Gasteiger partial charge in [0.05, 0.1) is 6.20 Å². The maximum atomic E-state index is 12.0. The molecule has 0 bridgehead atoms. The average Bonchev–Trinajstić information content (AvgIpc) is 2.85. The number of aromatic nitrogens is 2. The van der Waals surface area contributed by atoms with Crippen LogP contribution in [-0.4, -0.2) is 49.5 Å². The van der Waals surface area contributed by atoms with Crippen molar-refractivity contribution in [2.75, 3.05) is 26.2 Å². The molecule has 7 heteroatoms. The smallest absolute Gasteiger partial charge is 0.257 e. The Hall–Kier alpha value is -0.920. The third kappa shape index (κ3) is 3.77. The first-order valence-corrected chi connectivity index (χ1v) is 8.23. The third-order valence-electron chi connectivity index (χ3n) is 3.69. The number of imidazole rings is 1. The van der Waals surface area contributed by atoms with E-state index in [4.69, 9.17) is 0 Å². The number of hydrogen-bond acceptors (Lipinski definition) is 4. The van der Waals surface area contributed by atoms with Gasteiger partial charge < -0.3 is 9.88 Å². The highest BCUT2D eigenvalue weighted by molar-refractivity contribution is 7.89. The molecule has 2 N–H and O–H groups in total. The van der Waals surface area contributed by atoms with E-state index in [0.717, 1.165) is 32.5 Å². The summed E-state index contributed by atoms with van der Waals surface area (Å²) in [7, 11) is -3.44. The number of nitrogens with zero attached hydrogens (tertiary/aromatic N) is 2. The van der Waals surface area contributed by atoms with Gasteiger partial charge in [0.15, 0.2) is 5.03 Å². The monoisotopic (exact) mass is 286 g/mol. The minimum Gasteiger partial charge on any atom is -0.332 e. The van der Waals surface area contributed by atoms with Gasteiger partial charge in [-0.05, 0) is 45.3 Å². The molecule has 0 aliphatic carbocycles. The molecule has 0 unspecified atom stereocenters. The Morgan fingerprint density at radius 1 is 1.47 bits per heavy atom. The number of likely N-dealkylation sites (tertiary alicyclic amines) is 1. The highest BCUT2D eigenvalue weighted by atomic mass is 32.2. The second-order valence-corrected chi connectivity index (χ2v) is 6.80. The molecule has 108 valence electrons. The number of hydrogen-bond donors (Lipinski definition) is 2. The van der Waals surface area contributed by atoms with Crippen molar-refractivity contribution in [2.45, 2.75) is 31.7 Å². The van der Waals surface area contributed by atoms with E-state index in [1.165, 1.54) is 6.20 Å². The van der Waals surface area contributed by atoms with Crippen molar-refractivity contribution in [2.24, 2.45) is 5.92 Å². The van der Waals surface area contributed by atoms with E-state index in [1.54, 1.807) is 6.92 Å². The van der Waals surface area contributed by atoms with Crippen molar-refractivity contribution >= 4 is 10.0 Å². The molecule has 0 spiro atoms. The number of rotatable bonds is 5. The van der Waals surface area contributed by atoms with E-state index in [1.807, 2.05) is 0 Å². The Morgan fingerprint density at radius 2 is 2.16 bits per heavy atom. The van der Waals surface area contributed by atoms with E-state index in [0.29, 0.717) is 18.3 Å². The standard InChI is InChI=1S/C12H22N4O2S/c1-3-16-6-4-11(5-7-16)8-14-19(17,18)12-9-13-10(2)15-12/h9,11,14H,3-8H2,1-2H3,(H,13,15). The number of piperidine rings is 1. The molecule has 1 saturated heterocycles. The van der Waals surface area contributed by atoms with Crippen molar-refractivity contribution in [1.82, 2.24) is 19.6 Å². The Kier molecular flexibility index (Phi) is 4.59. The van der Waals surface area contributed by atoms with E-state index in [9.17, 15) is 8.42 Å². The van der Waals surface area contributed by atoms with E-state index in [-0.39, 0.29) is 5.03 Å². The summed E-state index contributed by atoms with van der Waals surface area (Å²) < 4.78 is 26.7. The lowest BCUT2D eigenvalue weighted by molar-refractivity contribution is 0.193. The molecule has 0 atom stereocenters. The first-order valence-electron chi connectivity index (χ1n) is 6.75. The fourth-order valence-electron chi connectivity index (χ4n) is 2.35. The highest BCUT2D eigenvalue weighted by Crippen LogP contribution is 2.16. The lowest BCUT2D eigenvalue weighted by Crippen LogP contribution is -2.38. The van der Waals surface area contributed by atoms with Crippen LogP contribution in [0.4, 0.5) is 0 Å². The van der Waals surface area contributed by atoms with Crippen LogP contribution in [0.25, 0.3) is 0 Å². The first kappa shape index (κ1) is 14.5. The van der Waals surface area contributed by atoms with Crippen LogP contribution in [-0.2, 0) is 10.0 Å². The third-order valence-corrected chi connectivity index (χ3v) is 5.02. The van der Waals surface area contributed by atoms with Crippen LogP contribution in [0.15, 0.2) is 11.2 Å². The summed E-state index contributed by atoms with van der Waals surface area (Å²) >= 11 is 0. The number of nitrogens with one attached hydrogen (secondary N) is 2. The molecule has 2 rings (SSSR count). The molecule has 2 heterocycles. The molecule has 0 saturated carbocycles.